The van der Waals surface area contributed by atoms with Crippen LogP contribution in [0.15, 0.2) is 55.0 Å². The smallest absolute Gasteiger partial charge is 0.264 e. The number of aromatic nitrogens is 2. The molecular weight excluding hydrogens is 696 g/mol. The zero-order valence-corrected chi connectivity index (χ0v) is 32.4. The highest BCUT2D eigenvalue weighted by Gasteiger charge is 2.49. The minimum absolute atomic E-state index is 0.222. The lowest BCUT2D eigenvalue weighted by Crippen LogP contribution is -2.53. The third-order valence-electron chi connectivity index (χ3n) is 11.3. The molecule has 278 valence electrons. The van der Waals surface area contributed by atoms with E-state index in [1.165, 1.54) is 11.1 Å². The normalized spacial score (nSPS) is 22.2. The number of methoxy groups -OCH3 is 1. The van der Waals surface area contributed by atoms with E-state index in [4.69, 9.17) is 21.1 Å². The molecule has 52 heavy (non-hydrogen) atoms. The van der Waals surface area contributed by atoms with Gasteiger partial charge in [0.15, 0.2) is 0 Å². The first-order chi connectivity index (χ1) is 25.0. The summed E-state index contributed by atoms with van der Waals surface area (Å²) >= 11 is 6.48. The number of unbranched alkanes of at least 4 members (excludes halogenated alkanes) is 1. The van der Waals surface area contributed by atoms with Crippen LogP contribution in [0, 0.1) is 23.7 Å². The molecule has 1 N–H and O–H groups in total. The quantitative estimate of drug-likeness (QED) is 0.192. The molecule has 2 heterocycles. The number of hydrogen-bond acceptors (Lipinski definition) is 8. The molecule has 1 aromatic heterocycles. The van der Waals surface area contributed by atoms with Crippen molar-refractivity contribution in [3.8, 4) is 17.6 Å². The second kappa shape index (κ2) is 16.2. The zero-order chi connectivity index (χ0) is 36.9. The Morgan fingerprint density at radius 1 is 1.21 bits per heavy atom. The summed E-state index contributed by atoms with van der Waals surface area (Å²) in [4.78, 5) is 24.1. The van der Waals surface area contributed by atoms with Crippen molar-refractivity contribution in [1.29, 1.82) is 0 Å². The summed E-state index contributed by atoms with van der Waals surface area (Å²) in [5.74, 6) is 7.65. The Balaban J connectivity index is 1.34. The molecule has 1 fully saturated rings. The number of carbonyl (C=O) groups excluding carboxylic acids is 1. The van der Waals surface area contributed by atoms with E-state index in [1.54, 1.807) is 45.6 Å². The Morgan fingerprint density at radius 2 is 2.06 bits per heavy atom. The molecular formula is C41H51ClN4O5S. The van der Waals surface area contributed by atoms with Gasteiger partial charge in [0.25, 0.3) is 5.91 Å². The van der Waals surface area contributed by atoms with Crippen molar-refractivity contribution in [2.45, 2.75) is 101 Å². The number of anilines is 1. The molecule has 0 radical (unpaired) electrons. The first-order valence-electron chi connectivity index (χ1n) is 18.7. The van der Waals surface area contributed by atoms with Crippen LogP contribution in [0.25, 0.3) is 0 Å². The third-order valence-corrected chi connectivity index (χ3v) is 13.3. The maximum Gasteiger partial charge on any atom is 0.264 e. The predicted molar refractivity (Wildman–Crippen MR) is 205 cm³/mol. The fourth-order valence-electron chi connectivity index (χ4n) is 8.20. The number of rotatable bonds is 12. The highest BCUT2D eigenvalue weighted by Crippen LogP contribution is 2.49. The number of ether oxygens (including phenoxy) is 2. The van der Waals surface area contributed by atoms with Gasteiger partial charge in [-0.25, -0.2) is 23.1 Å². The molecule has 3 aliphatic rings. The molecule has 1 amide bonds. The largest absolute Gasteiger partial charge is 0.490 e. The second-order valence-corrected chi connectivity index (χ2v) is 17.6. The molecule has 1 spiro atoms. The van der Waals surface area contributed by atoms with E-state index in [9.17, 15) is 13.2 Å². The van der Waals surface area contributed by atoms with E-state index in [-0.39, 0.29) is 22.8 Å². The predicted octanol–water partition coefficient (Wildman–Crippen LogP) is 7.31. The van der Waals surface area contributed by atoms with Crippen molar-refractivity contribution in [3.63, 3.8) is 0 Å². The molecule has 3 aromatic rings. The van der Waals surface area contributed by atoms with Gasteiger partial charge in [-0.3, -0.25) is 4.79 Å². The average Bonchev–Trinajstić information content (AvgIpc) is 3.27. The van der Waals surface area contributed by atoms with Gasteiger partial charge in [-0.05, 0) is 112 Å². The van der Waals surface area contributed by atoms with Crippen molar-refractivity contribution in [2.75, 3.05) is 31.7 Å². The van der Waals surface area contributed by atoms with Crippen LogP contribution in [-0.4, -0.2) is 62.0 Å². The van der Waals surface area contributed by atoms with Crippen LogP contribution < -0.4 is 14.4 Å². The highest BCUT2D eigenvalue weighted by molar-refractivity contribution is 7.90. The molecule has 0 saturated heterocycles. The van der Waals surface area contributed by atoms with Crippen molar-refractivity contribution >= 4 is 33.2 Å². The summed E-state index contributed by atoms with van der Waals surface area (Å²) in [6.45, 7) is 7.20. The highest BCUT2D eigenvalue weighted by atomic mass is 35.5. The van der Waals surface area contributed by atoms with Crippen LogP contribution in [0.5, 0.6) is 5.75 Å². The summed E-state index contributed by atoms with van der Waals surface area (Å²) in [7, 11) is -2.01. The summed E-state index contributed by atoms with van der Waals surface area (Å²) in [6, 6.07) is 13.4. The number of fused-ring (bicyclic) bond motifs is 3. The van der Waals surface area contributed by atoms with Gasteiger partial charge in [0, 0.05) is 66.9 Å². The van der Waals surface area contributed by atoms with Crippen LogP contribution in [-0.2, 0) is 33.0 Å². The fraction of sp³-hybridized carbons (Fsp3) is 0.537. The molecule has 11 heteroatoms. The molecule has 2 aliphatic carbocycles. The zero-order valence-electron chi connectivity index (χ0n) is 30.8. The van der Waals surface area contributed by atoms with Crippen LogP contribution in [0.2, 0.25) is 5.02 Å². The number of amides is 1. The molecule has 1 aliphatic heterocycles. The Kier molecular flexibility index (Phi) is 11.8. The van der Waals surface area contributed by atoms with Crippen LogP contribution >= 0.6 is 11.6 Å². The second-order valence-electron chi connectivity index (χ2n) is 15.0. The van der Waals surface area contributed by atoms with Gasteiger partial charge in [0.05, 0.1) is 17.5 Å². The van der Waals surface area contributed by atoms with Gasteiger partial charge in [-0.2, -0.15) is 0 Å². The number of nitrogens with one attached hydrogen (secondary N) is 1. The van der Waals surface area contributed by atoms with Crippen molar-refractivity contribution < 1.29 is 22.7 Å². The van der Waals surface area contributed by atoms with Gasteiger partial charge >= 0.3 is 0 Å². The minimum atomic E-state index is -3.81. The van der Waals surface area contributed by atoms with Crippen molar-refractivity contribution in [1.82, 2.24) is 14.7 Å². The van der Waals surface area contributed by atoms with E-state index >= 15 is 0 Å². The van der Waals surface area contributed by atoms with E-state index in [2.05, 4.69) is 50.5 Å². The van der Waals surface area contributed by atoms with Gasteiger partial charge < -0.3 is 14.4 Å². The molecule has 6 rings (SSSR count). The number of nitrogens with zero attached hydrogens (tertiary/aromatic N) is 3. The van der Waals surface area contributed by atoms with Crippen LogP contribution in [0.1, 0.15) is 99.3 Å². The summed E-state index contributed by atoms with van der Waals surface area (Å²) in [5.41, 5.74) is 3.69. The Bertz CT molecular complexity index is 1910. The van der Waals surface area contributed by atoms with Crippen LogP contribution in [0.3, 0.4) is 0 Å². The number of hydrogen-bond donors (Lipinski definition) is 1. The Morgan fingerprint density at radius 3 is 2.77 bits per heavy atom. The van der Waals surface area contributed by atoms with E-state index < -0.39 is 26.8 Å². The summed E-state index contributed by atoms with van der Waals surface area (Å²) in [5, 5.41) is -0.00696. The number of halogens is 1. The summed E-state index contributed by atoms with van der Waals surface area (Å²) < 4.78 is 40.6. The number of aryl methyl sites for hydroxylation is 2. The standard InChI is InChI=1S/C41H51ClN4O5S/c1-5-6-20-41(50-4,21-8-7-11-34-18-22-43-28-44-34)36-15-12-32(36)25-46-26-40(19-9-10-30-23-33(42)14-16-35(30)40)27-51-38-17-13-31(24-37(38)46)39(47)45-52(48,49)29(2)3/h13-14,16-18,22-24,28-29,32,36H,5-7,9-12,15,19-20,25-27H2,1-4H3,(H,45,47)/t32-,36+,40-,41+/m0/s1. The number of carbonyl (C=O) groups is 1. The third kappa shape index (κ3) is 8.12. The van der Waals surface area contributed by atoms with Gasteiger partial charge in [-0.15, -0.1) is 0 Å². The van der Waals surface area contributed by atoms with E-state index in [0.717, 1.165) is 80.7 Å². The molecule has 1 saturated carbocycles. The molecule has 9 nitrogen and oxygen atoms in total. The first-order valence-corrected chi connectivity index (χ1v) is 20.6. The maximum atomic E-state index is 13.4. The average molecular weight is 747 g/mol. The lowest BCUT2D eigenvalue weighted by Gasteiger charge is -2.49. The van der Waals surface area contributed by atoms with Crippen molar-refractivity contribution in [2.24, 2.45) is 11.8 Å². The van der Waals surface area contributed by atoms with Crippen LogP contribution in [0.4, 0.5) is 5.69 Å². The number of benzene rings is 2. The monoisotopic (exact) mass is 746 g/mol. The minimum Gasteiger partial charge on any atom is -0.490 e. The van der Waals surface area contributed by atoms with Gasteiger partial charge in [-0.1, -0.05) is 42.9 Å². The lowest BCUT2D eigenvalue weighted by atomic mass is 9.63. The molecule has 4 atom stereocenters. The molecule has 2 aromatic carbocycles. The topological polar surface area (TPSA) is 111 Å². The Labute approximate surface area is 314 Å². The molecule has 0 bridgehead atoms. The summed E-state index contributed by atoms with van der Waals surface area (Å²) in [6.07, 6.45) is 12.7. The molecule has 0 unspecified atom stereocenters. The SMILES string of the molecule is CCCC[C@](C#CCCc1ccncn1)(OC)[C@@H]1CC[C@H]1CN1C[C@@]2(CCCc3cc(Cl)ccc32)COc2ccc(C(=O)NS(=O)(=O)C(C)C)cc21. The van der Waals surface area contributed by atoms with E-state index in [1.807, 2.05) is 18.2 Å². The first kappa shape index (κ1) is 38.1. The van der Waals surface area contributed by atoms with Gasteiger partial charge in [0.1, 0.15) is 17.7 Å². The maximum absolute atomic E-state index is 13.4. The number of sulfonamides is 1. The lowest BCUT2D eigenvalue weighted by molar-refractivity contribution is -0.0738. The van der Waals surface area contributed by atoms with Crippen molar-refractivity contribution in [3.05, 3.63) is 82.4 Å². The fourth-order valence-corrected chi connectivity index (χ4v) is 9.01. The Hall–Kier alpha value is -3.65. The van der Waals surface area contributed by atoms with E-state index in [0.29, 0.717) is 25.3 Å². The van der Waals surface area contributed by atoms with Gasteiger partial charge in [0.2, 0.25) is 10.0 Å².